The van der Waals surface area contributed by atoms with Crippen molar-refractivity contribution >= 4 is 28.9 Å². The van der Waals surface area contributed by atoms with Crippen molar-refractivity contribution < 1.29 is 33.7 Å². The van der Waals surface area contributed by atoms with E-state index >= 15 is 0 Å². The molecule has 2 aliphatic heterocycles. The zero-order valence-corrected chi connectivity index (χ0v) is 25.4. The van der Waals surface area contributed by atoms with Gasteiger partial charge in [-0.05, 0) is 73.6 Å². The second-order valence-electron chi connectivity index (χ2n) is 12.9. The molecule has 1 saturated heterocycles. The van der Waals surface area contributed by atoms with Crippen LogP contribution < -0.4 is 10.1 Å². The number of aromatic nitrogens is 1. The number of carbonyl (C=O) groups is 3. The number of alkyl carbamates (subject to hydrolysis) is 1. The molecule has 4 aliphatic rings. The van der Waals surface area contributed by atoms with Crippen molar-refractivity contribution in [2.75, 3.05) is 13.7 Å². The van der Waals surface area contributed by atoms with Gasteiger partial charge >= 0.3 is 12.1 Å². The lowest BCUT2D eigenvalue weighted by Gasteiger charge is -2.30. The van der Waals surface area contributed by atoms with Gasteiger partial charge in [0.25, 0.3) is 0 Å². The Morgan fingerprint density at radius 3 is 2.51 bits per heavy atom. The maximum absolute atomic E-state index is 14.4. The van der Waals surface area contributed by atoms with Crippen LogP contribution in [0.25, 0.3) is 10.9 Å². The minimum atomic E-state index is -0.899. The van der Waals surface area contributed by atoms with Crippen LogP contribution in [0.1, 0.15) is 55.2 Å². The number of para-hydroxylation sites is 1. The molecule has 1 saturated carbocycles. The summed E-state index contributed by atoms with van der Waals surface area (Å²) in [5.74, 6) is -0.341. The molecule has 5 atom stereocenters. The summed E-state index contributed by atoms with van der Waals surface area (Å²) in [5.41, 5.74) is 3.54. The van der Waals surface area contributed by atoms with Crippen molar-refractivity contribution in [3.05, 3.63) is 65.2 Å². The van der Waals surface area contributed by atoms with Crippen molar-refractivity contribution in [3.63, 3.8) is 0 Å². The molecule has 1 aromatic heterocycles. The molecule has 3 heterocycles. The van der Waals surface area contributed by atoms with Crippen molar-refractivity contribution in [1.29, 1.82) is 0 Å². The van der Waals surface area contributed by atoms with Crippen molar-refractivity contribution in [3.8, 4) is 11.6 Å². The Morgan fingerprint density at radius 2 is 1.73 bits per heavy atom. The first-order chi connectivity index (χ1) is 21.9. The van der Waals surface area contributed by atoms with Gasteiger partial charge in [0.1, 0.15) is 30.0 Å². The number of hydrogen-bond donors (Lipinski definition) is 2. The van der Waals surface area contributed by atoms with Crippen LogP contribution in [0.5, 0.6) is 11.6 Å². The highest BCUT2D eigenvalue weighted by molar-refractivity contribution is 5.91. The van der Waals surface area contributed by atoms with Gasteiger partial charge in [-0.1, -0.05) is 49.2 Å². The molecule has 0 radical (unpaired) electrons. The van der Waals surface area contributed by atoms with Crippen LogP contribution in [-0.4, -0.2) is 70.9 Å². The van der Waals surface area contributed by atoms with E-state index in [-0.39, 0.29) is 36.6 Å². The first-order valence-electron chi connectivity index (χ1n) is 16.1. The predicted octanol–water partition coefficient (Wildman–Crippen LogP) is 4.48. The molecule has 10 heteroatoms. The highest BCUT2D eigenvalue weighted by atomic mass is 16.6. The Balaban J connectivity index is 1.23. The number of fused-ring (bicyclic) bond motifs is 6. The molecular weight excluding hydrogens is 574 g/mol. The largest absolute Gasteiger partial charge is 0.507 e. The number of nitrogens with one attached hydrogen (secondary N) is 1. The molecule has 2 N–H and O–H groups in total. The number of aromatic hydroxyl groups is 1. The van der Waals surface area contributed by atoms with Crippen LogP contribution in [-0.2, 0) is 38.3 Å². The van der Waals surface area contributed by atoms with E-state index in [1.807, 2.05) is 36.4 Å². The van der Waals surface area contributed by atoms with Gasteiger partial charge in [-0.25, -0.2) is 14.6 Å². The number of rotatable bonds is 2. The maximum Gasteiger partial charge on any atom is 0.408 e. The van der Waals surface area contributed by atoms with E-state index in [4.69, 9.17) is 19.2 Å². The summed E-state index contributed by atoms with van der Waals surface area (Å²) in [6.45, 7) is 0.102. The molecule has 3 aromatic rings. The van der Waals surface area contributed by atoms with E-state index in [9.17, 15) is 19.5 Å². The third-order valence-electron chi connectivity index (χ3n) is 9.93. The lowest BCUT2D eigenvalue weighted by atomic mass is 9.95. The summed E-state index contributed by atoms with van der Waals surface area (Å²) in [7, 11) is 1.30. The number of pyridine rings is 1. The Bertz CT molecular complexity index is 1600. The molecule has 2 bridgehead atoms. The molecule has 2 aliphatic carbocycles. The Labute approximate surface area is 262 Å². The third kappa shape index (κ3) is 5.90. The smallest absolute Gasteiger partial charge is 0.408 e. The fourth-order valence-electron chi connectivity index (χ4n) is 7.42. The van der Waals surface area contributed by atoms with Crippen LogP contribution in [0.3, 0.4) is 0 Å². The summed E-state index contributed by atoms with van der Waals surface area (Å²) < 4.78 is 17.4. The van der Waals surface area contributed by atoms with Crippen LogP contribution in [0.4, 0.5) is 4.79 Å². The van der Waals surface area contributed by atoms with Crippen molar-refractivity contribution in [2.24, 2.45) is 11.8 Å². The third-order valence-corrected chi connectivity index (χ3v) is 9.93. The van der Waals surface area contributed by atoms with Gasteiger partial charge in [0.05, 0.1) is 24.7 Å². The summed E-state index contributed by atoms with van der Waals surface area (Å²) >= 11 is 0. The van der Waals surface area contributed by atoms with Gasteiger partial charge in [0.2, 0.25) is 11.8 Å². The molecule has 45 heavy (non-hydrogen) atoms. The van der Waals surface area contributed by atoms with E-state index in [2.05, 4.69) is 17.4 Å². The highest BCUT2D eigenvalue weighted by Gasteiger charge is 2.47. The lowest BCUT2D eigenvalue weighted by molar-refractivity contribution is -0.152. The van der Waals surface area contributed by atoms with Gasteiger partial charge in [-0.15, -0.1) is 0 Å². The Hall–Kier alpha value is -4.34. The number of nitrogens with zero attached hydrogens (tertiary/aromatic N) is 2. The van der Waals surface area contributed by atoms with Crippen LogP contribution in [0.15, 0.2) is 48.5 Å². The number of ether oxygens (including phenoxy) is 3. The summed E-state index contributed by atoms with van der Waals surface area (Å²) in [4.78, 5) is 46.9. The molecule has 236 valence electrons. The first-order valence-corrected chi connectivity index (χ1v) is 16.1. The molecule has 2 aromatic carbocycles. The number of hydrogen-bond acceptors (Lipinski definition) is 8. The summed E-state index contributed by atoms with van der Waals surface area (Å²) in [5, 5.41) is 14.9. The number of benzene rings is 2. The second-order valence-corrected chi connectivity index (χ2v) is 12.9. The molecule has 10 nitrogen and oxygen atoms in total. The van der Waals surface area contributed by atoms with E-state index in [1.165, 1.54) is 12.0 Å². The molecular formula is C35H39N3O7. The normalized spacial score (nSPS) is 27.2. The number of amides is 2. The summed E-state index contributed by atoms with van der Waals surface area (Å²) in [6.07, 6.45) is 5.19. The number of methoxy groups -OCH3 is 1. The van der Waals surface area contributed by atoms with Gasteiger partial charge in [0, 0.05) is 11.8 Å². The Morgan fingerprint density at radius 1 is 0.978 bits per heavy atom. The molecule has 2 fully saturated rings. The van der Waals surface area contributed by atoms with Gasteiger partial charge in [-0.3, -0.25) is 4.79 Å². The van der Waals surface area contributed by atoms with Crippen molar-refractivity contribution in [1.82, 2.24) is 15.2 Å². The number of carbonyl (C=O) groups excluding carboxylic acids is 3. The van der Waals surface area contributed by atoms with Crippen LogP contribution in [0.2, 0.25) is 0 Å². The standard InChI is InChI=1S/C35H39N3O7/c1-43-34(41)28-18-24-19-38(28)33(40)30(23-15-20-9-5-6-10-21(20)16-23)37-35(42)45-29-17-22(29)11-3-2-4-13-26-31(39)25-12-7-8-14-27(25)36-32(26)44-24/h5-10,12,14,22-24,28-30H,2-4,11,13,15-19H2,1H3,(H,36,39)(H,37,42)/t22-,24-,28+,29-,30+/m1/s1. The van der Waals surface area contributed by atoms with Crippen LogP contribution >= 0.6 is 0 Å². The zero-order valence-electron chi connectivity index (χ0n) is 25.4. The minimum Gasteiger partial charge on any atom is -0.507 e. The monoisotopic (exact) mass is 613 g/mol. The fourth-order valence-corrected chi connectivity index (χ4v) is 7.42. The molecule has 7 rings (SSSR count). The average molecular weight is 614 g/mol. The summed E-state index contributed by atoms with van der Waals surface area (Å²) in [6, 6.07) is 13.6. The molecule has 0 unspecified atom stereocenters. The van der Waals surface area contributed by atoms with Gasteiger partial charge < -0.3 is 29.5 Å². The quantitative estimate of drug-likeness (QED) is 0.406. The lowest BCUT2D eigenvalue weighted by Crippen LogP contribution is -2.55. The van der Waals surface area contributed by atoms with E-state index in [1.54, 1.807) is 0 Å². The molecule has 0 spiro atoms. The first kappa shape index (κ1) is 29.4. The Kier molecular flexibility index (Phi) is 7.97. The second kappa shape index (κ2) is 12.2. The highest BCUT2D eigenvalue weighted by Crippen LogP contribution is 2.40. The van der Waals surface area contributed by atoms with Crippen molar-refractivity contribution in [2.45, 2.75) is 82.1 Å². The van der Waals surface area contributed by atoms with Gasteiger partial charge in [0.15, 0.2) is 0 Å². The van der Waals surface area contributed by atoms with E-state index in [0.29, 0.717) is 47.5 Å². The fraction of sp³-hybridized carbons (Fsp3) is 0.486. The van der Waals surface area contributed by atoms with Crippen LogP contribution in [0, 0.1) is 11.8 Å². The SMILES string of the molecule is COC(=O)[C@@H]1C[C@@H]2CN1C(=O)[C@H](C1Cc3ccccc3C1)NC(=O)O[C@@H]1C[C@H]1CCCCCc1c(nc3ccccc3c1O)O2. The van der Waals surface area contributed by atoms with E-state index < -0.39 is 30.3 Å². The predicted molar refractivity (Wildman–Crippen MR) is 165 cm³/mol. The average Bonchev–Trinajstić information content (AvgIpc) is 3.42. The maximum atomic E-state index is 14.4. The minimum absolute atomic E-state index is 0.102. The van der Waals surface area contributed by atoms with Gasteiger partial charge in [-0.2, -0.15) is 0 Å². The zero-order chi connectivity index (χ0) is 31.1. The van der Waals surface area contributed by atoms with E-state index in [0.717, 1.165) is 43.2 Å². The topological polar surface area (TPSA) is 127 Å². The molecule has 2 amide bonds. The number of esters is 1.